The van der Waals surface area contributed by atoms with Crippen LogP contribution in [-0.2, 0) is 13.7 Å². The number of aromatic amines is 1. The van der Waals surface area contributed by atoms with E-state index in [4.69, 9.17) is 27.5 Å². The van der Waals surface area contributed by atoms with Crippen molar-refractivity contribution in [3.8, 4) is 0 Å². The van der Waals surface area contributed by atoms with E-state index >= 15 is 0 Å². The van der Waals surface area contributed by atoms with Gasteiger partial charge in [-0.25, -0.2) is 4.98 Å². The number of imidazole rings is 1. The lowest BCUT2D eigenvalue weighted by Crippen LogP contribution is -2.33. The number of rotatable bonds is 8. The monoisotopic (exact) mass is 400 g/mol. The van der Waals surface area contributed by atoms with Gasteiger partial charge in [0, 0.05) is 23.7 Å². The second kappa shape index (κ2) is 8.25. The quantitative estimate of drug-likeness (QED) is 0.160. The van der Waals surface area contributed by atoms with Gasteiger partial charge in [0.05, 0.1) is 26.4 Å². The average Bonchev–Trinajstić information content (AvgIpc) is 3.23. The molecule has 2 aromatic rings. The second-order valence-electron chi connectivity index (χ2n) is 5.20. The van der Waals surface area contributed by atoms with E-state index in [0.717, 1.165) is 19.2 Å². The lowest BCUT2D eigenvalue weighted by atomic mass is 10.1. The van der Waals surface area contributed by atoms with Crippen LogP contribution in [0, 0.1) is 0 Å². The molecule has 137 valence electrons. The number of hydrogen-bond donors (Lipinski definition) is 2. The van der Waals surface area contributed by atoms with Crippen LogP contribution in [0.3, 0.4) is 0 Å². The molecule has 15 heteroatoms. The number of azide groups is 1. The highest BCUT2D eigenvalue weighted by Crippen LogP contribution is 2.36. The maximum atomic E-state index is 12.0. The summed E-state index contributed by atoms with van der Waals surface area (Å²) in [4.78, 5) is 25.4. The Hall–Kier alpha value is -1.82. The SMILES string of the molecule is [2H]P([B][3H])SOC[C@H]1O[C@@H](n2cnc3c(=O)[nH]c(N)nc32)C(OC)[C@H]1N=[N+]=[N-]. The number of ether oxygens (including phenoxy) is 2. The molecule has 0 saturated carbocycles. The van der Waals surface area contributed by atoms with Crippen LogP contribution in [-0.4, -0.2) is 61.6 Å². The minimum atomic E-state index is -1.50. The first-order valence-corrected chi connectivity index (χ1v) is 9.55. The van der Waals surface area contributed by atoms with Gasteiger partial charge in [-0.05, 0) is 6.87 Å². The fourth-order valence-electron chi connectivity index (χ4n) is 2.79. The molecule has 0 amide bonds. The van der Waals surface area contributed by atoms with Crippen LogP contribution >= 0.6 is 19.3 Å². The van der Waals surface area contributed by atoms with Crippen molar-refractivity contribution < 1.29 is 13.7 Å². The summed E-state index contributed by atoms with van der Waals surface area (Å²) in [5, 5.41) is 3.76. The highest BCUT2D eigenvalue weighted by molar-refractivity contribution is 8.53. The third kappa shape index (κ3) is 3.52. The fraction of sp³-hybridized carbons (Fsp3) is 0.545. The van der Waals surface area contributed by atoms with Gasteiger partial charge < -0.3 is 19.4 Å². The lowest BCUT2D eigenvalue weighted by molar-refractivity contribution is -0.0545. The van der Waals surface area contributed by atoms with Gasteiger partial charge in [0.15, 0.2) is 17.4 Å². The number of nitrogens with zero attached hydrogens (tertiary/aromatic N) is 6. The van der Waals surface area contributed by atoms with Gasteiger partial charge in [0.25, 0.3) is 5.56 Å². The molecule has 1 fully saturated rings. The third-order valence-corrected chi connectivity index (χ3v) is 4.72. The number of hydrogen-bond acceptors (Lipinski definition) is 9. The van der Waals surface area contributed by atoms with E-state index in [1.807, 2.05) is 0 Å². The van der Waals surface area contributed by atoms with Crippen molar-refractivity contribution in [3.05, 3.63) is 27.1 Å². The molecule has 3 N–H and O–H groups in total. The molecule has 5 atom stereocenters. The number of nitrogen functional groups attached to an aromatic ring is 1. The van der Waals surface area contributed by atoms with Crippen molar-refractivity contribution >= 4 is 43.9 Å². The maximum Gasteiger partial charge on any atom is 0.280 e. The molecular formula is C11H15BN8O4PS. The Morgan fingerprint density at radius 3 is 3.42 bits per heavy atom. The van der Waals surface area contributed by atoms with Crippen LogP contribution in [0.15, 0.2) is 16.2 Å². The number of methoxy groups -OCH3 is 1. The van der Waals surface area contributed by atoms with Crippen molar-refractivity contribution in [1.29, 1.82) is 2.61 Å². The second-order valence-corrected chi connectivity index (χ2v) is 6.88. The number of H-pyrrole nitrogens is 1. The van der Waals surface area contributed by atoms with Crippen molar-refractivity contribution in [2.45, 2.75) is 24.5 Å². The molecule has 1 radical (unpaired) electrons. The largest absolute Gasteiger partial charge is 0.376 e. The van der Waals surface area contributed by atoms with Crippen LogP contribution in [0.5, 0.6) is 0 Å². The molecule has 1 aliphatic rings. The highest BCUT2D eigenvalue weighted by Gasteiger charge is 2.46. The third-order valence-electron chi connectivity index (χ3n) is 3.82. The number of anilines is 1. The predicted octanol–water partition coefficient (Wildman–Crippen LogP) is 0.367. The van der Waals surface area contributed by atoms with Gasteiger partial charge in [-0.2, -0.15) is 4.98 Å². The summed E-state index contributed by atoms with van der Waals surface area (Å²) < 4.78 is 32.9. The van der Waals surface area contributed by atoms with Crippen molar-refractivity contribution in [1.82, 2.24) is 19.5 Å². The molecule has 0 bridgehead atoms. The van der Waals surface area contributed by atoms with Gasteiger partial charge in [0.1, 0.15) is 13.6 Å². The van der Waals surface area contributed by atoms with Crippen molar-refractivity contribution in [3.63, 3.8) is 0 Å². The fourth-order valence-corrected chi connectivity index (χ4v) is 3.41. The van der Waals surface area contributed by atoms with Gasteiger partial charge in [-0.15, -0.1) is 0 Å². The van der Waals surface area contributed by atoms with Gasteiger partial charge >= 0.3 is 0 Å². The van der Waals surface area contributed by atoms with Gasteiger partial charge in [-0.3, -0.25) is 14.3 Å². The molecule has 0 spiro atoms. The molecule has 3 heterocycles. The summed E-state index contributed by atoms with van der Waals surface area (Å²) in [6, 6.07) is -0.741. The lowest BCUT2D eigenvalue weighted by Gasteiger charge is -2.20. The predicted molar refractivity (Wildman–Crippen MR) is 99.2 cm³/mol. The van der Waals surface area contributed by atoms with E-state index in [1.165, 1.54) is 18.0 Å². The summed E-state index contributed by atoms with van der Waals surface area (Å²) in [6.07, 6.45) is -0.844. The topological polar surface area (TPSA) is 166 Å². The zero-order chi connectivity index (χ0) is 20.3. The first-order valence-electron chi connectivity index (χ1n) is 8.26. The molecule has 2 aromatic heterocycles. The number of nitrogens with two attached hydrogens (primary N) is 1. The molecule has 1 saturated heterocycles. The van der Waals surface area contributed by atoms with E-state index < -0.39 is 37.6 Å². The van der Waals surface area contributed by atoms with Crippen LogP contribution < -0.4 is 11.3 Å². The van der Waals surface area contributed by atoms with Crippen LogP contribution in [0.1, 0.15) is 6.23 Å². The van der Waals surface area contributed by atoms with E-state index in [9.17, 15) is 4.79 Å². The highest BCUT2D eigenvalue weighted by atomic mass is 32.7. The Kier molecular flexibility index (Phi) is 5.19. The van der Waals surface area contributed by atoms with E-state index in [1.54, 1.807) is 0 Å². The summed E-state index contributed by atoms with van der Waals surface area (Å²) in [6.45, 7) is -0.000945. The average molecular weight is 400 g/mol. The molecule has 1 aliphatic heterocycles. The summed E-state index contributed by atoms with van der Waals surface area (Å²) >= 11 is 0.837. The van der Waals surface area contributed by atoms with Crippen molar-refractivity contribution in [2.24, 2.45) is 5.11 Å². The van der Waals surface area contributed by atoms with Crippen LogP contribution in [0.4, 0.5) is 5.95 Å². The van der Waals surface area contributed by atoms with E-state index in [-0.39, 0.29) is 23.7 Å². The Morgan fingerprint density at radius 2 is 2.69 bits per heavy atom. The van der Waals surface area contributed by atoms with E-state index in [2.05, 4.69) is 25.0 Å². The molecule has 3 rings (SSSR count). The Morgan fingerprint density at radius 1 is 1.85 bits per heavy atom. The minimum absolute atomic E-state index is 0.000945. The Balaban J connectivity index is 1.90. The molecular weight excluding hydrogens is 382 g/mol. The molecule has 12 nitrogen and oxygen atoms in total. The van der Waals surface area contributed by atoms with E-state index in [0.29, 0.717) is 0 Å². The zero-order valence-corrected chi connectivity index (χ0v) is 15.1. The smallest absolute Gasteiger partial charge is 0.280 e. The Bertz CT molecular complexity index is 945. The van der Waals surface area contributed by atoms with Gasteiger partial charge in [-0.1, -0.05) is 12.7 Å². The first-order chi connectivity index (χ1) is 13.5. The first kappa shape index (κ1) is 16.4. The minimum Gasteiger partial charge on any atom is -0.376 e. The molecule has 26 heavy (non-hydrogen) atoms. The van der Waals surface area contributed by atoms with Crippen LogP contribution in [0.2, 0.25) is 0 Å². The summed E-state index contributed by atoms with van der Waals surface area (Å²) in [7, 11) is 0.919. The number of fused-ring (bicyclic) bond motifs is 1. The molecule has 0 aromatic carbocycles. The summed E-state index contributed by atoms with van der Waals surface area (Å²) in [5.41, 5.74) is 14.3. The molecule has 0 aliphatic carbocycles. The van der Waals surface area contributed by atoms with Gasteiger partial charge in [0.2, 0.25) is 5.95 Å². The normalized spacial score (nSPS) is 27.6. The molecule has 2 unspecified atom stereocenters. The number of nitrogens with one attached hydrogen (secondary N) is 1. The maximum absolute atomic E-state index is 12.0. The number of aromatic nitrogens is 4. The standard InChI is InChI=1S/C11H15BN8O4PS/c1-22-7-5(18-19-14)4(2-23-26-25-12)24-10(7)20-3-15-6-8(20)16-11(13)17-9(6)21/h3-5,7,10,12,25H,2H2,1H3,(H3,13,16,17,21)/t4-,5+,7?,10-,25?/m1/s1/i12T,25D. The zero-order valence-electron chi connectivity index (χ0n) is 15.4. The van der Waals surface area contributed by atoms with Crippen LogP contribution in [0.25, 0.3) is 21.6 Å². The summed E-state index contributed by atoms with van der Waals surface area (Å²) in [5.74, 6) is -0.0791. The Labute approximate surface area is 156 Å². The van der Waals surface area contributed by atoms with Crippen molar-refractivity contribution in [2.75, 3.05) is 19.5 Å².